The lowest BCUT2D eigenvalue weighted by Crippen LogP contribution is -2.33. The van der Waals surface area contributed by atoms with Crippen LogP contribution in [-0.2, 0) is 4.74 Å². The number of nitrogen functional groups attached to an aromatic ring is 1. The third kappa shape index (κ3) is 2.76. The molecule has 0 bridgehead atoms. The van der Waals surface area contributed by atoms with Gasteiger partial charge in [0.25, 0.3) is 5.91 Å². The van der Waals surface area contributed by atoms with E-state index in [0.29, 0.717) is 30.3 Å². The zero-order valence-corrected chi connectivity index (χ0v) is 12.8. The van der Waals surface area contributed by atoms with Crippen LogP contribution >= 0.6 is 11.3 Å². The van der Waals surface area contributed by atoms with Crippen LogP contribution in [0, 0.1) is 6.92 Å². The van der Waals surface area contributed by atoms with Crippen molar-refractivity contribution < 1.29 is 9.53 Å². The molecule has 2 N–H and O–H groups in total. The fourth-order valence-corrected chi connectivity index (χ4v) is 3.10. The minimum absolute atomic E-state index is 0.0531. The molecule has 2 heterocycles. The molecule has 1 amide bonds. The summed E-state index contributed by atoms with van der Waals surface area (Å²) in [7, 11) is 1.62. The Kier molecular flexibility index (Phi) is 4.57. The Morgan fingerprint density at radius 2 is 2.25 bits per heavy atom. The van der Waals surface area contributed by atoms with Gasteiger partial charge in [-0.1, -0.05) is 0 Å². The molecule has 108 valence electrons. The van der Waals surface area contributed by atoms with Crippen molar-refractivity contribution >= 4 is 33.1 Å². The van der Waals surface area contributed by atoms with Crippen molar-refractivity contribution in [3.8, 4) is 0 Å². The molecule has 0 aromatic carbocycles. The Bertz CT molecular complexity index is 624. The molecule has 2 aromatic heterocycles. The van der Waals surface area contributed by atoms with Crippen LogP contribution in [0.4, 0.5) is 5.69 Å². The molecule has 0 aliphatic heterocycles. The quantitative estimate of drug-likeness (QED) is 0.918. The van der Waals surface area contributed by atoms with Gasteiger partial charge in [-0.15, -0.1) is 11.3 Å². The van der Waals surface area contributed by atoms with Gasteiger partial charge in [-0.05, 0) is 26.0 Å². The first-order valence-electron chi connectivity index (χ1n) is 6.52. The van der Waals surface area contributed by atoms with Gasteiger partial charge >= 0.3 is 0 Å². The van der Waals surface area contributed by atoms with E-state index in [0.717, 1.165) is 15.9 Å². The summed E-state index contributed by atoms with van der Waals surface area (Å²) >= 11 is 1.36. The molecule has 0 fully saturated rings. The number of aryl methyl sites for hydroxylation is 1. The average molecular weight is 293 g/mol. The van der Waals surface area contributed by atoms with Gasteiger partial charge < -0.3 is 15.4 Å². The maximum absolute atomic E-state index is 12.5. The summed E-state index contributed by atoms with van der Waals surface area (Å²) < 4.78 is 5.03. The maximum Gasteiger partial charge on any atom is 0.266 e. The van der Waals surface area contributed by atoms with Crippen molar-refractivity contribution in [2.45, 2.75) is 13.8 Å². The van der Waals surface area contributed by atoms with Gasteiger partial charge in [0.1, 0.15) is 9.71 Å². The molecule has 0 atom stereocenters. The predicted molar refractivity (Wildman–Crippen MR) is 82.2 cm³/mol. The van der Waals surface area contributed by atoms with E-state index in [9.17, 15) is 4.79 Å². The molecule has 5 nitrogen and oxygen atoms in total. The summed E-state index contributed by atoms with van der Waals surface area (Å²) in [4.78, 5) is 20.1. The van der Waals surface area contributed by atoms with E-state index in [1.165, 1.54) is 11.3 Å². The summed E-state index contributed by atoms with van der Waals surface area (Å²) in [5.41, 5.74) is 7.55. The van der Waals surface area contributed by atoms with Crippen LogP contribution in [0.3, 0.4) is 0 Å². The second-order valence-electron chi connectivity index (χ2n) is 4.53. The second kappa shape index (κ2) is 6.19. The number of ether oxygens (including phenoxy) is 1. The van der Waals surface area contributed by atoms with E-state index in [1.54, 1.807) is 12.0 Å². The Morgan fingerprint density at radius 3 is 2.90 bits per heavy atom. The molecular weight excluding hydrogens is 274 g/mol. The number of pyridine rings is 1. The van der Waals surface area contributed by atoms with E-state index in [-0.39, 0.29) is 5.91 Å². The number of amides is 1. The summed E-state index contributed by atoms with van der Waals surface area (Å²) in [6, 6.07) is 3.83. The average Bonchev–Trinajstić information content (AvgIpc) is 2.76. The number of rotatable bonds is 5. The lowest BCUT2D eigenvalue weighted by Gasteiger charge is -2.19. The normalized spacial score (nSPS) is 10.9. The number of fused-ring (bicyclic) bond motifs is 1. The Morgan fingerprint density at radius 1 is 1.50 bits per heavy atom. The number of hydrogen-bond acceptors (Lipinski definition) is 5. The zero-order chi connectivity index (χ0) is 14.7. The van der Waals surface area contributed by atoms with Crippen molar-refractivity contribution in [1.82, 2.24) is 9.88 Å². The molecule has 6 heteroatoms. The van der Waals surface area contributed by atoms with Crippen LogP contribution < -0.4 is 5.73 Å². The largest absolute Gasteiger partial charge is 0.397 e. The van der Waals surface area contributed by atoms with E-state index in [4.69, 9.17) is 10.5 Å². The van der Waals surface area contributed by atoms with Crippen LogP contribution in [-0.4, -0.2) is 42.6 Å². The third-order valence-electron chi connectivity index (χ3n) is 3.16. The molecule has 0 aliphatic carbocycles. The minimum Gasteiger partial charge on any atom is -0.397 e. The fraction of sp³-hybridized carbons (Fsp3) is 0.429. The number of nitrogens with zero attached hydrogens (tertiary/aromatic N) is 2. The van der Waals surface area contributed by atoms with Gasteiger partial charge in [0.15, 0.2) is 0 Å². The topological polar surface area (TPSA) is 68.5 Å². The van der Waals surface area contributed by atoms with Crippen molar-refractivity contribution in [3.63, 3.8) is 0 Å². The van der Waals surface area contributed by atoms with Crippen molar-refractivity contribution in [2.24, 2.45) is 0 Å². The fourth-order valence-electron chi connectivity index (χ4n) is 2.00. The maximum atomic E-state index is 12.5. The molecule has 2 rings (SSSR count). The highest BCUT2D eigenvalue weighted by molar-refractivity contribution is 7.21. The first-order chi connectivity index (χ1) is 9.58. The van der Waals surface area contributed by atoms with Crippen LogP contribution in [0.5, 0.6) is 0 Å². The molecule has 0 radical (unpaired) electrons. The standard InChI is InChI=1S/C14H19N3O2S/c1-4-17(7-8-19-3)14(18)12-11(15)10-6-5-9(2)16-13(10)20-12/h5-6H,4,7-8,15H2,1-3H3. The lowest BCUT2D eigenvalue weighted by atomic mass is 10.2. The van der Waals surface area contributed by atoms with E-state index in [2.05, 4.69) is 4.98 Å². The molecule has 20 heavy (non-hydrogen) atoms. The Hall–Kier alpha value is -1.66. The number of aromatic nitrogens is 1. The number of likely N-dealkylation sites (N-methyl/N-ethyl adjacent to an activating group) is 1. The predicted octanol–water partition coefficient (Wildman–Crippen LogP) is 2.30. The molecule has 0 aliphatic rings. The van der Waals surface area contributed by atoms with Crippen LogP contribution in [0.2, 0.25) is 0 Å². The number of thiophene rings is 1. The number of methoxy groups -OCH3 is 1. The second-order valence-corrected chi connectivity index (χ2v) is 5.53. The summed E-state index contributed by atoms with van der Waals surface area (Å²) in [5, 5.41) is 0.853. The number of carbonyl (C=O) groups is 1. The Labute approximate surface area is 122 Å². The lowest BCUT2D eigenvalue weighted by molar-refractivity contribution is 0.0712. The molecule has 0 spiro atoms. The summed E-state index contributed by atoms with van der Waals surface area (Å²) in [6.07, 6.45) is 0. The minimum atomic E-state index is -0.0531. The number of nitrogens with two attached hydrogens (primary N) is 1. The third-order valence-corrected chi connectivity index (χ3v) is 4.26. The first-order valence-corrected chi connectivity index (χ1v) is 7.34. The smallest absolute Gasteiger partial charge is 0.266 e. The highest BCUT2D eigenvalue weighted by Crippen LogP contribution is 2.33. The summed E-state index contributed by atoms with van der Waals surface area (Å²) in [5.74, 6) is -0.0531. The van der Waals surface area contributed by atoms with Crippen LogP contribution in [0.1, 0.15) is 22.3 Å². The monoisotopic (exact) mass is 293 g/mol. The van der Waals surface area contributed by atoms with Crippen molar-refractivity contribution in [2.75, 3.05) is 32.5 Å². The van der Waals surface area contributed by atoms with Gasteiger partial charge in [0, 0.05) is 31.3 Å². The van der Waals surface area contributed by atoms with E-state index >= 15 is 0 Å². The number of carbonyl (C=O) groups excluding carboxylic acids is 1. The number of anilines is 1. The van der Waals surface area contributed by atoms with Crippen LogP contribution in [0.15, 0.2) is 12.1 Å². The molecule has 0 saturated heterocycles. The van der Waals surface area contributed by atoms with Gasteiger partial charge in [0.05, 0.1) is 12.3 Å². The summed E-state index contributed by atoms with van der Waals surface area (Å²) in [6.45, 7) is 5.57. The van der Waals surface area contributed by atoms with E-state index < -0.39 is 0 Å². The van der Waals surface area contributed by atoms with Gasteiger partial charge in [-0.3, -0.25) is 4.79 Å². The van der Waals surface area contributed by atoms with E-state index in [1.807, 2.05) is 26.0 Å². The van der Waals surface area contributed by atoms with Crippen molar-refractivity contribution in [1.29, 1.82) is 0 Å². The Balaban J connectivity index is 2.36. The highest BCUT2D eigenvalue weighted by Gasteiger charge is 2.21. The van der Waals surface area contributed by atoms with Gasteiger partial charge in [-0.2, -0.15) is 0 Å². The SMILES string of the molecule is CCN(CCOC)C(=O)c1sc2nc(C)ccc2c1N. The number of hydrogen-bond donors (Lipinski definition) is 1. The van der Waals surface area contributed by atoms with Gasteiger partial charge in [0.2, 0.25) is 0 Å². The first kappa shape index (κ1) is 14.7. The van der Waals surface area contributed by atoms with Crippen molar-refractivity contribution in [3.05, 3.63) is 22.7 Å². The molecule has 0 unspecified atom stereocenters. The molecule has 0 saturated carbocycles. The molecular formula is C14H19N3O2S. The molecule has 2 aromatic rings. The van der Waals surface area contributed by atoms with Gasteiger partial charge in [-0.25, -0.2) is 4.98 Å². The highest BCUT2D eigenvalue weighted by atomic mass is 32.1. The van der Waals surface area contributed by atoms with Crippen LogP contribution in [0.25, 0.3) is 10.2 Å². The zero-order valence-electron chi connectivity index (χ0n) is 12.0.